The Bertz CT molecular complexity index is 313. The summed E-state index contributed by atoms with van der Waals surface area (Å²) in [6.07, 6.45) is 8.96. The van der Waals surface area contributed by atoms with Crippen molar-refractivity contribution in [2.45, 2.75) is 73.4 Å². The van der Waals surface area contributed by atoms with Crippen molar-refractivity contribution >= 4 is 13.3 Å². The summed E-state index contributed by atoms with van der Waals surface area (Å²) in [6, 6.07) is 0. The third kappa shape index (κ3) is 4.98. The Kier molecular flexibility index (Phi) is 7.29. The van der Waals surface area contributed by atoms with Gasteiger partial charge in [0.05, 0.1) is 0 Å². The maximum atomic E-state index is 2.78. The Labute approximate surface area is 142 Å². The van der Waals surface area contributed by atoms with Crippen LogP contribution in [0.25, 0.3) is 0 Å². The average molecular weight is 369 g/mol. The van der Waals surface area contributed by atoms with Crippen LogP contribution in [0.5, 0.6) is 0 Å². The standard InChI is InChI=1S/C19H40GeN2/c1-5-11-20(12-6-2)13-8-19(9-14-20)10-17-22(18-19)16-7-15-21(3)4/h5-18H2,1-4H3. The molecule has 0 atom stereocenters. The van der Waals surface area contributed by atoms with E-state index in [1.54, 1.807) is 33.9 Å². The van der Waals surface area contributed by atoms with Crippen LogP contribution in [0.2, 0.25) is 21.0 Å². The van der Waals surface area contributed by atoms with E-state index < -0.39 is 13.3 Å². The van der Waals surface area contributed by atoms with Crippen molar-refractivity contribution in [3.63, 3.8) is 0 Å². The van der Waals surface area contributed by atoms with Gasteiger partial charge in [0.1, 0.15) is 0 Å². The Morgan fingerprint density at radius 1 is 1.00 bits per heavy atom. The van der Waals surface area contributed by atoms with Gasteiger partial charge in [-0.05, 0) is 0 Å². The van der Waals surface area contributed by atoms with Gasteiger partial charge >= 0.3 is 142 Å². The first-order valence-electron chi connectivity index (χ1n) is 9.90. The Morgan fingerprint density at radius 3 is 2.18 bits per heavy atom. The quantitative estimate of drug-likeness (QED) is 0.573. The Hall–Kier alpha value is 0.463. The molecular formula is C19H40GeN2. The van der Waals surface area contributed by atoms with Crippen molar-refractivity contribution in [2.24, 2.45) is 5.41 Å². The van der Waals surface area contributed by atoms with E-state index in [4.69, 9.17) is 0 Å². The van der Waals surface area contributed by atoms with Gasteiger partial charge in [0, 0.05) is 0 Å². The molecule has 0 aromatic heterocycles. The SMILES string of the molecule is CC[CH2][Ge]1([CH2]CC)[CH2]CC2(CCN(CCCN(C)C)C2)C[CH2]1. The molecule has 2 fully saturated rings. The summed E-state index contributed by atoms with van der Waals surface area (Å²) in [4.78, 5) is 5.10. The molecule has 2 saturated heterocycles. The van der Waals surface area contributed by atoms with E-state index in [1.807, 2.05) is 0 Å². The van der Waals surface area contributed by atoms with Gasteiger partial charge in [-0.15, -0.1) is 0 Å². The molecule has 130 valence electrons. The molecule has 3 heteroatoms. The molecule has 2 heterocycles. The molecule has 22 heavy (non-hydrogen) atoms. The fourth-order valence-corrected chi connectivity index (χ4v) is 17.3. The van der Waals surface area contributed by atoms with Crippen LogP contribution < -0.4 is 0 Å². The molecule has 0 aliphatic carbocycles. The zero-order valence-corrected chi connectivity index (χ0v) is 17.9. The van der Waals surface area contributed by atoms with Gasteiger partial charge in [0.25, 0.3) is 0 Å². The summed E-state index contributed by atoms with van der Waals surface area (Å²) in [5, 5.41) is 6.73. The van der Waals surface area contributed by atoms with Crippen molar-refractivity contribution in [1.29, 1.82) is 0 Å². The first kappa shape index (κ1) is 18.8. The van der Waals surface area contributed by atoms with Crippen LogP contribution in [-0.2, 0) is 0 Å². The molecule has 0 radical (unpaired) electrons. The van der Waals surface area contributed by atoms with E-state index in [0.29, 0.717) is 0 Å². The summed E-state index contributed by atoms with van der Waals surface area (Å²) in [5.41, 5.74) is 0.744. The van der Waals surface area contributed by atoms with Crippen molar-refractivity contribution in [3.8, 4) is 0 Å². The second-order valence-corrected chi connectivity index (χ2v) is 19.2. The van der Waals surface area contributed by atoms with Crippen molar-refractivity contribution in [2.75, 3.05) is 40.3 Å². The summed E-state index contributed by atoms with van der Waals surface area (Å²) >= 11 is -1.42. The molecule has 0 saturated carbocycles. The predicted molar refractivity (Wildman–Crippen MR) is 101 cm³/mol. The first-order valence-corrected chi connectivity index (χ1v) is 15.8. The van der Waals surface area contributed by atoms with Gasteiger partial charge in [0.15, 0.2) is 0 Å². The normalized spacial score (nSPS) is 24.4. The van der Waals surface area contributed by atoms with E-state index in [2.05, 4.69) is 37.7 Å². The van der Waals surface area contributed by atoms with Crippen molar-refractivity contribution in [1.82, 2.24) is 9.80 Å². The summed E-state index contributed by atoms with van der Waals surface area (Å²) in [7, 11) is 4.39. The van der Waals surface area contributed by atoms with Crippen LogP contribution in [0, 0.1) is 5.41 Å². The molecule has 0 aromatic rings. The van der Waals surface area contributed by atoms with Crippen LogP contribution in [0.1, 0.15) is 52.4 Å². The predicted octanol–water partition coefficient (Wildman–Crippen LogP) is 4.69. The molecule has 0 N–H and O–H groups in total. The summed E-state index contributed by atoms with van der Waals surface area (Å²) in [5.74, 6) is 0. The Morgan fingerprint density at radius 2 is 1.64 bits per heavy atom. The topological polar surface area (TPSA) is 6.48 Å². The van der Waals surface area contributed by atoms with E-state index in [9.17, 15) is 0 Å². The van der Waals surface area contributed by atoms with Gasteiger partial charge < -0.3 is 0 Å². The fraction of sp³-hybridized carbons (Fsp3) is 1.00. The zero-order chi connectivity index (χ0) is 16.1. The van der Waals surface area contributed by atoms with Gasteiger partial charge in [-0.3, -0.25) is 0 Å². The van der Waals surface area contributed by atoms with Gasteiger partial charge in [-0.25, -0.2) is 0 Å². The second-order valence-electron chi connectivity index (χ2n) is 8.68. The van der Waals surface area contributed by atoms with Gasteiger partial charge in [0.2, 0.25) is 0 Å². The molecule has 2 aliphatic rings. The second kappa shape index (κ2) is 8.53. The Balaban J connectivity index is 1.80. The molecule has 2 rings (SSSR count). The number of likely N-dealkylation sites (tertiary alicyclic amines) is 1. The molecule has 0 bridgehead atoms. The molecule has 0 amide bonds. The number of nitrogens with zero attached hydrogens (tertiary/aromatic N) is 2. The van der Waals surface area contributed by atoms with Gasteiger partial charge in [-0.2, -0.15) is 0 Å². The first-order chi connectivity index (χ1) is 10.5. The van der Waals surface area contributed by atoms with Crippen LogP contribution in [-0.4, -0.2) is 63.3 Å². The molecule has 2 nitrogen and oxygen atoms in total. The molecular weight excluding hydrogens is 329 g/mol. The van der Waals surface area contributed by atoms with E-state index in [-0.39, 0.29) is 0 Å². The molecule has 0 unspecified atom stereocenters. The number of hydrogen-bond donors (Lipinski definition) is 0. The van der Waals surface area contributed by atoms with Crippen molar-refractivity contribution < 1.29 is 0 Å². The fourth-order valence-electron chi connectivity index (χ4n) is 5.23. The summed E-state index contributed by atoms with van der Waals surface area (Å²) in [6.45, 7) is 10.2. The van der Waals surface area contributed by atoms with Crippen molar-refractivity contribution in [3.05, 3.63) is 0 Å². The van der Waals surface area contributed by atoms with Crippen LogP contribution in [0.4, 0.5) is 0 Å². The third-order valence-corrected chi connectivity index (χ3v) is 18.6. The third-order valence-electron chi connectivity index (χ3n) is 6.53. The van der Waals surface area contributed by atoms with E-state index in [1.165, 1.54) is 51.9 Å². The number of hydrogen-bond acceptors (Lipinski definition) is 2. The molecule has 1 spiro atoms. The minimum atomic E-state index is -1.42. The molecule has 2 aliphatic heterocycles. The monoisotopic (exact) mass is 370 g/mol. The van der Waals surface area contributed by atoms with Crippen LogP contribution >= 0.6 is 0 Å². The summed E-state index contributed by atoms with van der Waals surface area (Å²) < 4.78 is 0. The average Bonchev–Trinajstić information content (AvgIpc) is 2.86. The van der Waals surface area contributed by atoms with Gasteiger partial charge in [-0.1, -0.05) is 0 Å². The maximum absolute atomic E-state index is 2.78. The van der Waals surface area contributed by atoms with E-state index in [0.717, 1.165) is 5.41 Å². The van der Waals surface area contributed by atoms with Crippen LogP contribution in [0.3, 0.4) is 0 Å². The zero-order valence-electron chi connectivity index (χ0n) is 15.8. The minimum absolute atomic E-state index is 0.744. The molecule has 0 aromatic carbocycles. The number of rotatable bonds is 8. The van der Waals surface area contributed by atoms with Crippen LogP contribution in [0.15, 0.2) is 0 Å². The van der Waals surface area contributed by atoms with E-state index >= 15 is 0 Å².